The summed E-state index contributed by atoms with van der Waals surface area (Å²) in [6.45, 7) is 5.95. The van der Waals surface area contributed by atoms with E-state index >= 15 is 0 Å². The summed E-state index contributed by atoms with van der Waals surface area (Å²) < 4.78 is 5.27. The monoisotopic (exact) mass is 367 g/mol. The number of benzene rings is 1. The summed E-state index contributed by atoms with van der Waals surface area (Å²) in [5.41, 5.74) is 0.584. The van der Waals surface area contributed by atoms with Gasteiger partial charge in [-0.3, -0.25) is 4.79 Å². The first kappa shape index (κ1) is 21.4. The van der Waals surface area contributed by atoms with Gasteiger partial charge < -0.3 is 15.4 Å². The SMILES string of the molecule is C[S+](C)CC[C@H](NC(=O)OC(C)(C)C)C(=O)NCCc1ccccc1. The average molecular weight is 368 g/mol. The summed E-state index contributed by atoms with van der Waals surface area (Å²) in [7, 11) is 0.206. The highest BCUT2D eigenvalue weighted by molar-refractivity contribution is 7.95. The number of amides is 2. The van der Waals surface area contributed by atoms with Gasteiger partial charge in [-0.1, -0.05) is 30.3 Å². The molecule has 25 heavy (non-hydrogen) atoms. The van der Waals surface area contributed by atoms with E-state index in [1.54, 1.807) is 20.8 Å². The smallest absolute Gasteiger partial charge is 0.408 e. The number of hydrogen-bond donors (Lipinski definition) is 2. The Bertz CT molecular complexity index is 541. The van der Waals surface area contributed by atoms with Gasteiger partial charge in [0.05, 0.1) is 12.5 Å². The van der Waals surface area contributed by atoms with Gasteiger partial charge in [-0.2, -0.15) is 0 Å². The Hall–Kier alpha value is -1.69. The first-order valence-electron chi connectivity index (χ1n) is 8.53. The summed E-state index contributed by atoms with van der Waals surface area (Å²) in [4.78, 5) is 24.5. The molecule has 140 valence electrons. The van der Waals surface area contributed by atoms with Gasteiger partial charge in [0.15, 0.2) is 0 Å². The highest BCUT2D eigenvalue weighted by Gasteiger charge is 2.25. The predicted octanol–water partition coefficient (Wildman–Crippen LogP) is 2.51. The lowest BCUT2D eigenvalue weighted by Crippen LogP contribution is -2.49. The van der Waals surface area contributed by atoms with Crippen LogP contribution >= 0.6 is 0 Å². The molecule has 0 aliphatic heterocycles. The lowest BCUT2D eigenvalue weighted by molar-refractivity contribution is -0.123. The molecule has 2 N–H and O–H groups in total. The minimum atomic E-state index is -0.585. The molecule has 0 saturated heterocycles. The van der Waals surface area contributed by atoms with Crippen molar-refractivity contribution in [3.05, 3.63) is 35.9 Å². The minimum absolute atomic E-state index is 0.160. The number of rotatable bonds is 8. The van der Waals surface area contributed by atoms with Gasteiger partial charge in [-0.25, -0.2) is 4.79 Å². The van der Waals surface area contributed by atoms with Crippen molar-refractivity contribution >= 4 is 22.9 Å². The first-order chi connectivity index (χ1) is 11.7. The van der Waals surface area contributed by atoms with Crippen molar-refractivity contribution in [2.45, 2.75) is 45.3 Å². The molecule has 0 aliphatic carbocycles. The largest absolute Gasteiger partial charge is 0.444 e. The molecule has 0 spiro atoms. The normalized spacial score (nSPS) is 12.6. The molecule has 1 aromatic carbocycles. The number of nitrogens with one attached hydrogen (secondary N) is 2. The zero-order valence-electron chi connectivity index (χ0n) is 15.9. The minimum Gasteiger partial charge on any atom is -0.444 e. The van der Waals surface area contributed by atoms with Gasteiger partial charge in [0.2, 0.25) is 5.91 Å². The van der Waals surface area contributed by atoms with Crippen molar-refractivity contribution in [3.63, 3.8) is 0 Å². The fraction of sp³-hybridized carbons (Fsp3) is 0.579. The van der Waals surface area contributed by atoms with Crippen LogP contribution in [0, 0.1) is 0 Å². The summed E-state index contributed by atoms with van der Waals surface area (Å²) >= 11 is 0. The number of alkyl carbamates (subject to hydrolysis) is 1. The van der Waals surface area contributed by atoms with Crippen LogP contribution in [0.1, 0.15) is 32.8 Å². The van der Waals surface area contributed by atoms with Crippen LogP contribution in [0.3, 0.4) is 0 Å². The average Bonchev–Trinajstić information content (AvgIpc) is 2.50. The van der Waals surface area contributed by atoms with Crippen molar-refractivity contribution in [1.82, 2.24) is 10.6 Å². The van der Waals surface area contributed by atoms with Gasteiger partial charge in [-0.15, -0.1) is 0 Å². The van der Waals surface area contributed by atoms with Crippen molar-refractivity contribution < 1.29 is 14.3 Å². The number of hydrogen-bond acceptors (Lipinski definition) is 3. The van der Waals surface area contributed by atoms with E-state index in [1.165, 1.54) is 5.56 Å². The molecule has 0 radical (unpaired) electrons. The van der Waals surface area contributed by atoms with Crippen LogP contribution in [0.5, 0.6) is 0 Å². The second kappa shape index (κ2) is 10.3. The lowest BCUT2D eigenvalue weighted by atomic mass is 10.1. The van der Waals surface area contributed by atoms with E-state index in [9.17, 15) is 9.59 Å². The van der Waals surface area contributed by atoms with Gasteiger partial charge >= 0.3 is 6.09 Å². The fourth-order valence-corrected chi connectivity index (χ4v) is 2.88. The zero-order valence-corrected chi connectivity index (χ0v) is 16.7. The number of carbonyl (C=O) groups excluding carboxylic acids is 2. The first-order valence-corrected chi connectivity index (χ1v) is 10.7. The number of carbonyl (C=O) groups is 2. The molecule has 1 rings (SSSR count). The van der Waals surface area contributed by atoms with Crippen molar-refractivity contribution in [1.29, 1.82) is 0 Å². The van der Waals surface area contributed by atoms with Crippen LogP contribution in [-0.4, -0.2) is 48.5 Å². The molecule has 0 saturated carbocycles. The van der Waals surface area contributed by atoms with Gasteiger partial charge in [0, 0.05) is 13.0 Å². The molecular weight excluding hydrogens is 336 g/mol. The maximum Gasteiger partial charge on any atom is 0.408 e. The summed E-state index contributed by atoms with van der Waals surface area (Å²) in [6, 6.07) is 9.42. The van der Waals surface area contributed by atoms with Gasteiger partial charge in [0.25, 0.3) is 0 Å². The van der Waals surface area contributed by atoms with E-state index in [-0.39, 0.29) is 16.8 Å². The quantitative estimate of drug-likeness (QED) is 0.694. The number of ether oxygens (including phenoxy) is 1. The highest BCUT2D eigenvalue weighted by atomic mass is 32.2. The van der Waals surface area contributed by atoms with Crippen LogP contribution in [0.4, 0.5) is 4.79 Å². The third-order valence-electron chi connectivity index (χ3n) is 3.38. The predicted molar refractivity (Wildman–Crippen MR) is 105 cm³/mol. The van der Waals surface area contributed by atoms with E-state index in [4.69, 9.17) is 4.74 Å². The molecular formula is C19H31N2O3S+. The van der Waals surface area contributed by atoms with Crippen LogP contribution < -0.4 is 10.6 Å². The molecule has 1 aromatic rings. The van der Waals surface area contributed by atoms with Crippen molar-refractivity contribution in [2.24, 2.45) is 0 Å². The molecule has 6 heteroatoms. The van der Waals surface area contributed by atoms with E-state index in [2.05, 4.69) is 23.1 Å². The van der Waals surface area contributed by atoms with Crippen molar-refractivity contribution in [2.75, 3.05) is 24.8 Å². The fourth-order valence-electron chi connectivity index (χ4n) is 2.17. The molecule has 0 unspecified atom stereocenters. The molecule has 5 nitrogen and oxygen atoms in total. The molecule has 0 fully saturated rings. The Kier molecular flexibility index (Phi) is 8.83. The molecule has 0 aliphatic rings. The van der Waals surface area contributed by atoms with E-state index in [0.29, 0.717) is 13.0 Å². The Morgan fingerprint density at radius 1 is 1.16 bits per heavy atom. The van der Waals surface area contributed by atoms with Crippen LogP contribution in [0.15, 0.2) is 30.3 Å². The van der Waals surface area contributed by atoms with Crippen LogP contribution in [-0.2, 0) is 26.8 Å². The second-order valence-electron chi connectivity index (χ2n) is 7.20. The van der Waals surface area contributed by atoms with E-state index in [0.717, 1.165) is 12.2 Å². The molecule has 1 atom stereocenters. The maximum absolute atomic E-state index is 12.5. The Morgan fingerprint density at radius 3 is 2.36 bits per heavy atom. The van der Waals surface area contributed by atoms with Gasteiger partial charge in [0.1, 0.15) is 17.4 Å². The molecule has 0 aromatic heterocycles. The lowest BCUT2D eigenvalue weighted by Gasteiger charge is -2.23. The summed E-state index contributed by atoms with van der Waals surface area (Å²) in [5.74, 6) is 0.722. The molecule has 2 amide bonds. The summed E-state index contributed by atoms with van der Waals surface area (Å²) in [5, 5.41) is 5.63. The topological polar surface area (TPSA) is 67.4 Å². The van der Waals surface area contributed by atoms with E-state index < -0.39 is 17.7 Å². The third-order valence-corrected chi connectivity index (χ3v) is 4.43. The maximum atomic E-state index is 12.5. The standard InChI is InChI=1S/C19H30N2O3S/c1-19(2,3)24-18(23)21-16(12-14-25(4)5)17(22)20-13-11-15-9-7-6-8-10-15/h6-10,16H,11-14H2,1-5H3,(H-,20,21,22,23)/p+1/t16-/m0/s1. The Labute approximate surface area is 154 Å². The molecule has 0 heterocycles. The zero-order chi connectivity index (χ0) is 18.9. The summed E-state index contributed by atoms with van der Waals surface area (Å²) in [6.07, 6.45) is 5.06. The Morgan fingerprint density at radius 2 is 1.80 bits per heavy atom. The molecule has 0 bridgehead atoms. The van der Waals surface area contributed by atoms with Crippen molar-refractivity contribution in [3.8, 4) is 0 Å². The van der Waals surface area contributed by atoms with E-state index in [1.807, 2.05) is 30.3 Å². The Balaban J connectivity index is 2.54. The second-order valence-corrected chi connectivity index (χ2v) is 9.58. The van der Waals surface area contributed by atoms with Crippen LogP contribution in [0.2, 0.25) is 0 Å². The van der Waals surface area contributed by atoms with Crippen LogP contribution in [0.25, 0.3) is 0 Å². The highest BCUT2D eigenvalue weighted by Crippen LogP contribution is 2.08. The third kappa shape index (κ3) is 10.0. The van der Waals surface area contributed by atoms with Gasteiger partial charge in [-0.05, 0) is 43.7 Å².